The first-order valence-electron chi connectivity index (χ1n) is 48.6. The third kappa shape index (κ3) is 27.5. The van der Waals surface area contributed by atoms with Crippen molar-refractivity contribution < 1.29 is 32.2 Å². The lowest BCUT2D eigenvalue weighted by atomic mass is 9.82. The average Bonchev–Trinajstić information content (AvgIpc) is 1.41. The maximum Gasteiger partial charge on any atom is 0.271 e. The molecule has 5 saturated heterocycles. The minimum absolute atomic E-state index is 0.0482. The number of hydrogen-bond acceptors (Lipinski definition) is 12. The van der Waals surface area contributed by atoms with Gasteiger partial charge in [0.05, 0.1) is 39.6 Å². The number of halogens is 10. The number of aromatic nitrogens is 5. The summed E-state index contributed by atoms with van der Waals surface area (Å²) in [5, 5.41) is 22.1. The molecule has 1 saturated carbocycles. The molecule has 5 aromatic carbocycles. The van der Waals surface area contributed by atoms with Crippen molar-refractivity contribution in [2.24, 2.45) is 11.8 Å². The molecule has 27 heteroatoms. The second kappa shape index (κ2) is 48.4. The second-order valence-corrected chi connectivity index (χ2v) is 40.5. The lowest BCUT2D eigenvalue weighted by Gasteiger charge is -2.38. The molecule has 0 unspecified atom stereocenters. The number of pyridine rings is 5. The average molecular weight is 1960 g/mol. The third-order valence-electron chi connectivity index (χ3n) is 27.6. The minimum Gasteiger partial charge on any atom is -0.386 e. The highest BCUT2D eigenvalue weighted by atomic mass is 35.5. The smallest absolute Gasteiger partial charge is 0.271 e. The fourth-order valence-electron chi connectivity index (χ4n) is 19.0. The molecule has 135 heavy (non-hydrogen) atoms. The zero-order valence-corrected chi connectivity index (χ0v) is 83.4. The molecule has 2 N–H and O–H groups in total. The van der Waals surface area contributed by atoms with Crippen LogP contribution in [0.3, 0.4) is 0 Å². The molecule has 0 radical (unpaired) electrons. The second-order valence-electron chi connectivity index (χ2n) is 38.6. The summed E-state index contributed by atoms with van der Waals surface area (Å²) < 4.78 is 78.0. The first kappa shape index (κ1) is 105. The molecular weight excluding hydrogens is 1820 g/mol. The highest BCUT2D eigenvalue weighted by Crippen LogP contribution is 2.43. The molecule has 10 heterocycles. The fourth-order valence-corrected chi connectivity index (χ4v) is 20.5. The number of nitrogens with zero attached hydrogens (tertiary/aromatic N) is 10. The van der Waals surface area contributed by atoms with Gasteiger partial charge < -0.3 is 57.5 Å². The van der Waals surface area contributed by atoms with Crippen molar-refractivity contribution in [1.29, 1.82) is 0 Å². The zero-order chi connectivity index (χ0) is 97.0. The molecule has 0 spiro atoms. The van der Waals surface area contributed by atoms with E-state index in [1.807, 2.05) is 128 Å². The molecule has 6 aliphatic rings. The van der Waals surface area contributed by atoms with Crippen LogP contribution in [0.1, 0.15) is 253 Å². The van der Waals surface area contributed by atoms with E-state index < -0.39 is 40.1 Å². The number of aryl methyl sites for hydroxylation is 5. The molecule has 16 rings (SSSR count). The summed E-state index contributed by atoms with van der Waals surface area (Å²) >= 11 is 31.9. The number of anilines is 5. The maximum atomic E-state index is 15.3. The Labute approximate surface area is 817 Å². The molecule has 10 aromatic rings. The summed E-state index contributed by atoms with van der Waals surface area (Å²) in [4.78, 5) is 73.2. The lowest BCUT2D eigenvalue weighted by molar-refractivity contribution is 0.0768. The Morgan fingerprint density at radius 1 is 0.378 bits per heavy atom. The predicted octanol–water partition coefficient (Wildman–Crippen LogP) is 24.8. The Morgan fingerprint density at radius 3 is 1.04 bits per heavy atom. The fraction of sp³-hybridized carbons (Fsp3) is 0.491. The van der Waals surface area contributed by atoms with Crippen molar-refractivity contribution in [3.05, 3.63) is 316 Å². The maximum absolute atomic E-state index is 15.3. The molecule has 5 aromatic heterocycles. The van der Waals surface area contributed by atoms with Crippen LogP contribution < -0.4 is 52.3 Å². The van der Waals surface area contributed by atoms with Crippen LogP contribution in [-0.2, 0) is 49.6 Å². The van der Waals surface area contributed by atoms with E-state index in [4.69, 9.17) is 58.0 Å². The number of unbranched alkanes of at least 4 members (excludes halogenated alkanes) is 3. The van der Waals surface area contributed by atoms with Gasteiger partial charge >= 0.3 is 0 Å². The summed E-state index contributed by atoms with van der Waals surface area (Å²) in [6, 6.07) is 43.1. The minimum atomic E-state index is -1.30. The van der Waals surface area contributed by atoms with Gasteiger partial charge in [-0.25, -0.2) is 22.0 Å². The quantitative estimate of drug-likeness (QED) is 0.0469. The van der Waals surface area contributed by atoms with Gasteiger partial charge in [-0.3, -0.25) is 24.0 Å². The van der Waals surface area contributed by atoms with Gasteiger partial charge in [-0.2, -0.15) is 0 Å². The van der Waals surface area contributed by atoms with Crippen LogP contribution in [0.5, 0.6) is 0 Å². The molecule has 0 bridgehead atoms. The van der Waals surface area contributed by atoms with Gasteiger partial charge in [0.25, 0.3) is 27.8 Å². The van der Waals surface area contributed by atoms with Gasteiger partial charge in [0.15, 0.2) is 0 Å². The van der Waals surface area contributed by atoms with E-state index in [0.717, 1.165) is 205 Å². The number of rotatable bonds is 27. The van der Waals surface area contributed by atoms with E-state index in [9.17, 15) is 51.7 Å². The van der Waals surface area contributed by atoms with Crippen LogP contribution in [0, 0.1) is 35.1 Å². The van der Waals surface area contributed by atoms with Crippen molar-refractivity contribution in [2.75, 3.05) is 89.9 Å². The Hall–Kier alpha value is -9.13. The van der Waals surface area contributed by atoms with Gasteiger partial charge in [0, 0.05) is 154 Å². The Kier molecular flexibility index (Phi) is 37.6. The number of hydrogen-bond donors (Lipinski definition) is 2. The predicted molar refractivity (Wildman–Crippen MR) is 544 cm³/mol. The van der Waals surface area contributed by atoms with Gasteiger partial charge in [0.1, 0.15) is 54.1 Å². The van der Waals surface area contributed by atoms with E-state index in [2.05, 4.69) is 72.4 Å². The Bertz CT molecular complexity index is 5880. The summed E-state index contributed by atoms with van der Waals surface area (Å²) in [6.07, 6.45) is 27.4. The number of piperidine rings is 5. The monoisotopic (exact) mass is 1950 g/mol. The normalized spacial score (nSPS) is 16.4. The van der Waals surface area contributed by atoms with Crippen LogP contribution in [0.4, 0.5) is 50.4 Å². The molecule has 5 aliphatic heterocycles. The number of alkyl halides is 1. The topological polar surface area (TPSA) is 167 Å². The van der Waals surface area contributed by atoms with Gasteiger partial charge in [-0.1, -0.05) is 216 Å². The van der Waals surface area contributed by atoms with E-state index in [1.54, 1.807) is 49.1 Å². The first-order valence-corrected chi connectivity index (χ1v) is 50.5. The molecule has 6 fully saturated rings. The third-order valence-corrected chi connectivity index (χ3v) is 29.4. The van der Waals surface area contributed by atoms with Crippen LogP contribution >= 0.6 is 58.0 Å². The van der Waals surface area contributed by atoms with Gasteiger partial charge in [0.2, 0.25) is 0 Å². The lowest BCUT2D eigenvalue weighted by Crippen LogP contribution is -2.41. The van der Waals surface area contributed by atoms with E-state index in [-0.39, 0.29) is 54.7 Å². The highest BCUT2D eigenvalue weighted by Gasteiger charge is 2.38. The van der Waals surface area contributed by atoms with E-state index >= 15 is 4.39 Å². The van der Waals surface area contributed by atoms with Crippen molar-refractivity contribution >= 4 is 86.4 Å². The molecule has 17 nitrogen and oxygen atoms in total. The molecular formula is C108H134Cl5F5N10O7. The molecule has 728 valence electrons. The summed E-state index contributed by atoms with van der Waals surface area (Å²) in [5.74, 6) is 0.206. The molecule has 0 atom stereocenters. The van der Waals surface area contributed by atoms with Gasteiger partial charge in [-0.15, -0.1) is 0 Å². The Morgan fingerprint density at radius 2 is 0.704 bits per heavy atom. The van der Waals surface area contributed by atoms with Gasteiger partial charge in [-0.05, 0) is 228 Å². The van der Waals surface area contributed by atoms with Crippen molar-refractivity contribution in [2.45, 2.75) is 264 Å². The molecule has 1 aliphatic carbocycles. The van der Waals surface area contributed by atoms with Crippen molar-refractivity contribution in [1.82, 2.24) is 22.8 Å². The molecule has 0 amide bonds. The van der Waals surface area contributed by atoms with E-state index in [1.165, 1.54) is 48.2 Å². The summed E-state index contributed by atoms with van der Waals surface area (Å²) in [7, 11) is 0. The van der Waals surface area contributed by atoms with Crippen molar-refractivity contribution in [3.63, 3.8) is 0 Å². The summed E-state index contributed by atoms with van der Waals surface area (Å²) in [6.45, 7) is 28.6. The number of benzene rings is 5. The summed E-state index contributed by atoms with van der Waals surface area (Å²) in [5.41, 5.74) is 6.65. The van der Waals surface area contributed by atoms with Crippen LogP contribution in [0.15, 0.2) is 201 Å². The van der Waals surface area contributed by atoms with Crippen molar-refractivity contribution in [3.8, 4) is 0 Å². The highest BCUT2D eigenvalue weighted by molar-refractivity contribution is 6.34. The van der Waals surface area contributed by atoms with Crippen LogP contribution in [0.25, 0.3) is 0 Å². The SMILES string of the molecule is CC(C)CCn1ccc(N2CCC(c3ccc(F)cc3F)CC2)c(Cl)c1=O.CCCCn1ccc(N2CCC(c3ccc(C(C)(C)O)cc3)CC2)c(Cl)c1=O.CCCCn1ccc(N2CCC(c3ccc(F)cc3F)CC2)c(Cl)c1=O.CCCCn1ccc(N2CCC(c3ccccc3C(C)(C)O)CC2)c(Cl)c1=O.O=c1c(Cl)c(N2CCC(F)(c3ccccc3)CC2)ccn1CCC1CC1. The zero-order valence-electron chi connectivity index (χ0n) is 79.6. The standard InChI is InChI=1S/2C23H31ClN2O2.C21H25ClF2N2O.C21H24ClFN2O.C20H23ClF2N2O/c1-4-5-13-26-16-12-20(21(24)22(26)27)25-14-10-18(11-15-25)17-6-8-19(9-7-17)23(2,3)28;1-4-5-13-26-16-12-20(21(24)22(26)27)25-14-10-17(11-15-25)18-8-6-7-9-19(18)23(2,3)28;1-14(2)5-9-26-12-8-19(20(22)21(26)27)25-10-6-15(7-11-25)17-4-3-16(23)13-18(17)24;22-19-18(9-13-25(20(19)26)12-8-16-6-7-16)24-14-10-21(23,11-15-24)17-4-2-1-3-5-17;1-2-3-9-25-12-8-18(19(21)20(25)26)24-10-6-14(7-11-24)16-5-4-15(22)13-17(16)23/h6-9,12,16,18,28H,4-5,10-11,13-15H2,1-3H3;6-9,12,16-17,28H,4-5,10-11,13-15H2,1-3H3;3-4,8,12-15H,5-7,9-11H2,1-2H3;1-5,9,13,16H,6-8,10-12,14-15H2;4-5,8,12-14H,2-3,6-7,9-11H2,1H3. The largest absolute Gasteiger partial charge is 0.386 e. The first-order chi connectivity index (χ1) is 64.6. The van der Waals surface area contributed by atoms with E-state index in [0.29, 0.717) is 111 Å². The van der Waals surface area contributed by atoms with Crippen LogP contribution in [0.2, 0.25) is 25.1 Å². The Balaban J connectivity index is 0.000000152. The van der Waals surface area contributed by atoms with Crippen LogP contribution in [-0.4, -0.2) is 98.5 Å². The number of aliphatic hydroxyl groups is 2.